The second-order valence-corrected chi connectivity index (χ2v) is 6.68. The Bertz CT molecular complexity index is 1120. The first-order valence-electron chi connectivity index (χ1n) is 8.48. The lowest BCUT2D eigenvalue weighted by molar-refractivity contribution is 0.0524. The van der Waals surface area contributed by atoms with Gasteiger partial charge >= 0.3 is 5.97 Å². The van der Waals surface area contributed by atoms with E-state index >= 15 is 0 Å². The molecule has 0 amide bonds. The molecule has 0 atom stereocenters. The van der Waals surface area contributed by atoms with Gasteiger partial charge in [-0.1, -0.05) is 11.8 Å². The first-order chi connectivity index (χ1) is 13.7. The summed E-state index contributed by atoms with van der Waals surface area (Å²) in [7, 11) is 0. The number of hydrogen-bond donors (Lipinski definition) is 0. The van der Waals surface area contributed by atoms with Crippen molar-refractivity contribution in [1.82, 2.24) is 19.7 Å². The van der Waals surface area contributed by atoms with E-state index in [4.69, 9.17) is 9.15 Å². The Morgan fingerprint density at radius 2 is 2.07 bits per heavy atom. The van der Waals surface area contributed by atoms with Crippen LogP contribution in [0.5, 0.6) is 0 Å². The fourth-order valence-corrected chi connectivity index (χ4v) is 3.60. The Morgan fingerprint density at radius 3 is 2.86 bits per heavy atom. The van der Waals surface area contributed by atoms with Crippen LogP contribution in [-0.4, -0.2) is 32.3 Å². The van der Waals surface area contributed by atoms with Gasteiger partial charge in [0.05, 0.1) is 35.9 Å². The molecule has 0 fully saturated rings. The molecule has 28 heavy (non-hydrogen) atoms. The number of ether oxygens (including phenoxy) is 1. The number of hydrogen-bond acceptors (Lipinski definition) is 7. The van der Waals surface area contributed by atoms with Crippen LogP contribution in [0.4, 0.5) is 4.39 Å². The van der Waals surface area contributed by atoms with Crippen molar-refractivity contribution in [3.8, 4) is 5.69 Å². The van der Waals surface area contributed by atoms with Gasteiger partial charge in [-0.2, -0.15) is 5.10 Å². The lowest BCUT2D eigenvalue weighted by Crippen LogP contribution is -2.05. The second kappa shape index (κ2) is 7.81. The van der Waals surface area contributed by atoms with E-state index in [1.165, 1.54) is 36.5 Å². The number of benzene rings is 1. The molecule has 0 saturated heterocycles. The third kappa shape index (κ3) is 3.48. The number of aromatic nitrogens is 4. The highest BCUT2D eigenvalue weighted by Gasteiger charge is 2.18. The summed E-state index contributed by atoms with van der Waals surface area (Å²) in [5.74, 6) is 0.182. The SMILES string of the molecule is CCOC(=O)c1ccoc1CSc1ncnc2c1cnn2-c1ccc(F)cc1. The molecule has 0 N–H and O–H groups in total. The molecular formula is C19H15FN4O3S. The molecule has 0 aliphatic rings. The number of thioether (sulfide) groups is 1. The van der Waals surface area contributed by atoms with Gasteiger partial charge in [-0.3, -0.25) is 0 Å². The number of fused-ring (bicyclic) bond motifs is 1. The molecule has 3 heterocycles. The van der Waals surface area contributed by atoms with Gasteiger partial charge in [-0.25, -0.2) is 23.8 Å². The van der Waals surface area contributed by atoms with Crippen LogP contribution in [0.15, 0.2) is 58.6 Å². The van der Waals surface area contributed by atoms with Crippen LogP contribution in [0.2, 0.25) is 0 Å². The van der Waals surface area contributed by atoms with Gasteiger partial charge in [0, 0.05) is 0 Å². The number of furan rings is 1. The smallest absolute Gasteiger partial charge is 0.341 e. The lowest BCUT2D eigenvalue weighted by atomic mass is 10.3. The van der Waals surface area contributed by atoms with Crippen molar-refractivity contribution < 1.29 is 18.3 Å². The highest BCUT2D eigenvalue weighted by molar-refractivity contribution is 7.98. The monoisotopic (exact) mass is 398 g/mol. The van der Waals surface area contributed by atoms with Gasteiger partial charge < -0.3 is 9.15 Å². The maximum atomic E-state index is 13.2. The quantitative estimate of drug-likeness (QED) is 0.276. The molecule has 9 heteroatoms. The molecule has 7 nitrogen and oxygen atoms in total. The molecule has 0 spiro atoms. The van der Waals surface area contributed by atoms with E-state index in [9.17, 15) is 9.18 Å². The average Bonchev–Trinajstić information content (AvgIpc) is 3.34. The Hall–Kier alpha value is -3.20. The summed E-state index contributed by atoms with van der Waals surface area (Å²) in [6, 6.07) is 7.59. The fraction of sp³-hybridized carbons (Fsp3) is 0.158. The Balaban J connectivity index is 1.60. The summed E-state index contributed by atoms with van der Waals surface area (Å²) in [5.41, 5.74) is 1.71. The van der Waals surface area contributed by atoms with E-state index in [1.54, 1.807) is 36.0 Å². The highest BCUT2D eigenvalue weighted by Crippen LogP contribution is 2.29. The Morgan fingerprint density at radius 1 is 1.25 bits per heavy atom. The zero-order valence-corrected chi connectivity index (χ0v) is 15.6. The van der Waals surface area contributed by atoms with Crippen molar-refractivity contribution in [2.75, 3.05) is 6.61 Å². The predicted molar refractivity (Wildman–Crippen MR) is 101 cm³/mol. The van der Waals surface area contributed by atoms with E-state index in [0.29, 0.717) is 40.0 Å². The normalized spacial score (nSPS) is 11.1. The minimum Gasteiger partial charge on any atom is -0.468 e. The van der Waals surface area contributed by atoms with Crippen molar-refractivity contribution in [2.45, 2.75) is 17.7 Å². The van der Waals surface area contributed by atoms with Gasteiger partial charge in [-0.05, 0) is 37.3 Å². The van der Waals surface area contributed by atoms with Gasteiger partial charge in [-0.15, -0.1) is 0 Å². The van der Waals surface area contributed by atoms with Gasteiger partial charge in [0.15, 0.2) is 5.65 Å². The fourth-order valence-electron chi connectivity index (χ4n) is 2.69. The van der Waals surface area contributed by atoms with Crippen LogP contribution in [0.25, 0.3) is 16.7 Å². The number of halogens is 1. The van der Waals surface area contributed by atoms with Crippen LogP contribution in [0.1, 0.15) is 23.0 Å². The van der Waals surface area contributed by atoms with Crippen LogP contribution in [0, 0.1) is 5.82 Å². The van der Waals surface area contributed by atoms with E-state index < -0.39 is 5.97 Å². The lowest BCUT2D eigenvalue weighted by Gasteiger charge is -2.05. The highest BCUT2D eigenvalue weighted by atomic mass is 32.2. The minimum atomic E-state index is -0.413. The van der Waals surface area contributed by atoms with Crippen LogP contribution in [0.3, 0.4) is 0 Å². The van der Waals surface area contributed by atoms with Crippen molar-refractivity contribution in [2.24, 2.45) is 0 Å². The molecule has 0 aliphatic carbocycles. The molecule has 0 aliphatic heterocycles. The number of nitrogens with zero attached hydrogens (tertiary/aromatic N) is 4. The molecule has 0 bridgehead atoms. The first kappa shape index (κ1) is 18.2. The van der Waals surface area contributed by atoms with Gasteiger partial charge in [0.2, 0.25) is 0 Å². The van der Waals surface area contributed by atoms with E-state index in [1.807, 2.05) is 0 Å². The standard InChI is InChI=1S/C19H15FN4O3S/c1-2-26-19(25)14-7-8-27-16(14)10-28-18-15-9-23-24(17(15)21-11-22-18)13-5-3-12(20)4-6-13/h3-9,11H,2,10H2,1H3. The van der Waals surface area contributed by atoms with Crippen LogP contribution >= 0.6 is 11.8 Å². The van der Waals surface area contributed by atoms with Crippen molar-refractivity contribution in [3.05, 3.63) is 66.3 Å². The number of esters is 1. The topological polar surface area (TPSA) is 83.0 Å². The largest absolute Gasteiger partial charge is 0.468 e. The molecule has 0 unspecified atom stereocenters. The van der Waals surface area contributed by atoms with E-state index in [-0.39, 0.29) is 5.82 Å². The van der Waals surface area contributed by atoms with Gasteiger partial charge in [0.25, 0.3) is 0 Å². The van der Waals surface area contributed by atoms with Crippen LogP contribution < -0.4 is 0 Å². The van der Waals surface area contributed by atoms with E-state index in [2.05, 4.69) is 15.1 Å². The summed E-state index contributed by atoms with van der Waals surface area (Å²) in [4.78, 5) is 20.6. The molecule has 4 rings (SSSR count). The molecule has 0 radical (unpaired) electrons. The molecule has 0 saturated carbocycles. The summed E-state index contributed by atoms with van der Waals surface area (Å²) in [6.45, 7) is 2.05. The minimum absolute atomic E-state index is 0.297. The summed E-state index contributed by atoms with van der Waals surface area (Å²) >= 11 is 1.40. The number of rotatable bonds is 6. The summed E-state index contributed by atoms with van der Waals surface area (Å²) < 4.78 is 25.3. The molecular weight excluding hydrogens is 383 g/mol. The van der Waals surface area contributed by atoms with E-state index in [0.717, 1.165) is 5.39 Å². The summed E-state index contributed by atoms with van der Waals surface area (Å²) in [5, 5.41) is 5.80. The average molecular weight is 398 g/mol. The Labute approximate surface area is 163 Å². The zero-order valence-electron chi connectivity index (χ0n) is 14.8. The zero-order chi connectivity index (χ0) is 19.5. The second-order valence-electron chi connectivity index (χ2n) is 5.72. The third-order valence-corrected chi connectivity index (χ3v) is 4.99. The number of carbonyl (C=O) groups excluding carboxylic acids is 1. The molecule has 142 valence electrons. The maximum Gasteiger partial charge on any atom is 0.341 e. The van der Waals surface area contributed by atoms with Gasteiger partial charge in [0.1, 0.15) is 28.5 Å². The van der Waals surface area contributed by atoms with Crippen molar-refractivity contribution in [1.29, 1.82) is 0 Å². The van der Waals surface area contributed by atoms with Crippen molar-refractivity contribution in [3.63, 3.8) is 0 Å². The molecule has 3 aromatic heterocycles. The maximum absolute atomic E-state index is 13.2. The van der Waals surface area contributed by atoms with Crippen LogP contribution in [-0.2, 0) is 10.5 Å². The summed E-state index contributed by atoms with van der Waals surface area (Å²) in [6.07, 6.45) is 4.57. The Kier molecular flexibility index (Phi) is 5.07. The first-order valence-corrected chi connectivity index (χ1v) is 9.47. The third-order valence-electron chi connectivity index (χ3n) is 3.98. The number of carbonyl (C=O) groups is 1. The molecule has 1 aromatic carbocycles. The molecule has 4 aromatic rings. The predicted octanol–water partition coefficient (Wildman–Crippen LogP) is 4.02. The van der Waals surface area contributed by atoms with Crippen molar-refractivity contribution >= 4 is 28.8 Å².